The van der Waals surface area contributed by atoms with Crippen molar-refractivity contribution < 1.29 is 13.5 Å². The van der Waals surface area contributed by atoms with Gasteiger partial charge in [-0.25, -0.2) is 8.78 Å². The smallest absolute Gasteiger partial charge is 0.142 e. The number of nitrogens with two attached hydrogens (primary N) is 1. The monoisotopic (exact) mass is 275 g/mol. The molecule has 1 aromatic carbocycles. The number of ether oxygens (including phenoxy) is 1. The van der Waals surface area contributed by atoms with E-state index in [1.54, 1.807) is 0 Å². The quantitative estimate of drug-likeness (QED) is 0.853. The van der Waals surface area contributed by atoms with Crippen LogP contribution in [-0.2, 0) is 4.74 Å². The summed E-state index contributed by atoms with van der Waals surface area (Å²) in [4.78, 5) is 0. The Morgan fingerprint density at radius 1 is 1.39 bits per heavy atom. The van der Waals surface area contributed by atoms with Crippen LogP contribution >= 0.6 is 11.6 Å². The van der Waals surface area contributed by atoms with Crippen molar-refractivity contribution in [1.82, 2.24) is 0 Å². The maximum atomic E-state index is 13.6. The molecule has 2 rings (SSSR count). The SMILES string of the molecule is NC(CCC1CCCO1)c1cc(F)c(Cl)cc1F. The van der Waals surface area contributed by atoms with Crippen molar-refractivity contribution in [3.8, 4) is 0 Å². The van der Waals surface area contributed by atoms with E-state index in [1.165, 1.54) is 0 Å². The molecule has 0 bridgehead atoms. The molecule has 1 aliphatic rings. The molecule has 1 aliphatic heterocycles. The van der Waals surface area contributed by atoms with E-state index in [2.05, 4.69) is 0 Å². The van der Waals surface area contributed by atoms with Crippen LogP contribution in [0, 0.1) is 11.6 Å². The summed E-state index contributed by atoms with van der Waals surface area (Å²) in [7, 11) is 0. The van der Waals surface area contributed by atoms with Gasteiger partial charge in [-0.2, -0.15) is 0 Å². The molecule has 100 valence electrons. The fourth-order valence-electron chi connectivity index (χ4n) is 2.22. The van der Waals surface area contributed by atoms with Gasteiger partial charge in [-0.1, -0.05) is 11.6 Å². The van der Waals surface area contributed by atoms with E-state index >= 15 is 0 Å². The molecule has 0 saturated carbocycles. The van der Waals surface area contributed by atoms with Crippen LogP contribution in [0.2, 0.25) is 5.02 Å². The standard InChI is InChI=1S/C13H16ClF2NO/c14-10-7-11(15)9(6-12(10)16)13(17)4-3-8-2-1-5-18-8/h6-8,13H,1-5,17H2. The molecule has 0 aromatic heterocycles. The molecule has 5 heteroatoms. The zero-order valence-corrected chi connectivity index (χ0v) is 10.7. The average molecular weight is 276 g/mol. The first-order valence-corrected chi connectivity index (χ1v) is 6.47. The number of benzene rings is 1. The minimum atomic E-state index is -0.638. The third kappa shape index (κ3) is 3.19. The summed E-state index contributed by atoms with van der Waals surface area (Å²) < 4.78 is 32.4. The second-order valence-corrected chi connectivity index (χ2v) is 5.01. The third-order valence-electron chi connectivity index (χ3n) is 3.26. The van der Waals surface area contributed by atoms with E-state index in [4.69, 9.17) is 22.1 Å². The Morgan fingerprint density at radius 2 is 2.17 bits per heavy atom. The zero-order valence-electron chi connectivity index (χ0n) is 9.96. The van der Waals surface area contributed by atoms with Gasteiger partial charge in [-0.15, -0.1) is 0 Å². The Labute approximate surface area is 110 Å². The van der Waals surface area contributed by atoms with Gasteiger partial charge in [0.25, 0.3) is 0 Å². The molecule has 2 unspecified atom stereocenters. The van der Waals surface area contributed by atoms with Crippen molar-refractivity contribution in [3.63, 3.8) is 0 Å². The van der Waals surface area contributed by atoms with Crippen LogP contribution in [0.3, 0.4) is 0 Å². The van der Waals surface area contributed by atoms with Gasteiger partial charge in [-0.3, -0.25) is 0 Å². The number of halogens is 3. The molecular formula is C13H16ClF2NO. The first-order chi connectivity index (χ1) is 8.58. The van der Waals surface area contributed by atoms with Gasteiger partial charge in [0.2, 0.25) is 0 Å². The molecule has 18 heavy (non-hydrogen) atoms. The highest BCUT2D eigenvalue weighted by Crippen LogP contribution is 2.27. The molecule has 0 spiro atoms. The van der Waals surface area contributed by atoms with Crippen LogP contribution in [0.25, 0.3) is 0 Å². The lowest BCUT2D eigenvalue weighted by atomic mass is 9.99. The summed E-state index contributed by atoms with van der Waals surface area (Å²) >= 11 is 5.50. The van der Waals surface area contributed by atoms with Gasteiger partial charge < -0.3 is 10.5 Å². The molecule has 2 atom stereocenters. The van der Waals surface area contributed by atoms with Gasteiger partial charge in [0.05, 0.1) is 11.1 Å². The van der Waals surface area contributed by atoms with Crippen LogP contribution in [0.4, 0.5) is 8.78 Å². The minimum Gasteiger partial charge on any atom is -0.378 e. The normalized spacial score (nSPS) is 21.2. The summed E-state index contributed by atoms with van der Waals surface area (Å²) in [6.45, 7) is 0.782. The van der Waals surface area contributed by atoms with Crippen LogP contribution in [0.15, 0.2) is 12.1 Å². The molecule has 0 amide bonds. The molecule has 1 saturated heterocycles. The lowest BCUT2D eigenvalue weighted by Gasteiger charge is -2.16. The van der Waals surface area contributed by atoms with Gasteiger partial charge in [0, 0.05) is 18.2 Å². The number of hydrogen-bond donors (Lipinski definition) is 1. The van der Waals surface area contributed by atoms with Gasteiger partial charge in [-0.05, 0) is 37.8 Å². The highest BCUT2D eigenvalue weighted by atomic mass is 35.5. The highest BCUT2D eigenvalue weighted by molar-refractivity contribution is 6.30. The van der Waals surface area contributed by atoms with E-state index in [0.717, 1.165) is 38.0 Å². The third-order valence-corrected chi connectivity index (χ3v) is 3.55. The van der Waals surface area contributed by atoms with E-state index in [9.17, 15) is 8.78 Å². The number of hydrogen-bond acceptors (Lipinski definition) is 2. The van der Waals surface area contributed by atoms with Crippen LogP contribution in [0.5, 0.6) is 0 Å². The molecule has 1 fully saturated rings. The van der Waals surface area contributed by atoms with Crippen molar-refractivity contribution >= 4 is 11.6 Å². The van der Waals surface area contributed by atoms with Crippen molar-refractivity contribution in [2.45, 2.75) is 37.8 Å². The number of rotatable bonds is 4. The maximum Gasteiger partial charge on any atom is 0.142 e. The molecule has 1 heterocycles. The van der Waals surface area contributed by atoms with Crippen LogP contribution in [-0.4, -0.2) is 12.7 Å². The zero-order chi connectivity index (χ0) is 13.1. The average Bonchev–Trinajstić information content (AvgIpc) is 2.84. The maximum absolute atomic E-state index is 13.6. The summed E-state index contributed by atoms with van der Waals surface area (Å²) in [6, 6.07) is 1.52. The predicted molar refractivity (Wildman–Crippen MR) is 66.5 cm³/mol. The van der Waals surface area contributed by atoms with Gasteiger partial charge in [0.15, 0.2) is 0 Å². The lowest BCUT2D eigenvalue weighted by Crippen LogP contribution is -2.16. The second kappa shape index (κ2) is 5.95. The van der Waals surface area contributed by atoms with Crippen LogP contribution in [0.1, 0.15) is 37.3 Å². The van der Waals surface area contributed by atoms with E-state index in [0.29, 0.717) is 6.42 Å². The molecule has 2 nitrogen and oxygen atoms in total. The van der Waals surface area contributed by atoms with Crippen LogP contribution < -0.4 is 5.73 Å². The van der Waals surface area contributed by atoms with E-state index in [-0.39, 0.29) is 16.7 Å². The van der Waals surface area contributed by atoms with Crippen molar-refractivity contribution in [3.05, 3.63) is 34.4 Å². The second-order valence-electron chi connectivity index (χ2n) is 4.61. The molecule has 0 radical (unpaired) electrons. The molecule has 2 N–H and O–H groups in total. The Bertz CT molecular complexity index is 422. The first kappa shape index (κ1) is 13.7. The van der Waals surface area contributed by atoms with E-state index in [1.807, 2.05) is 0 Å². The van der Waals surface area contributed by atoms with E-state index < -0.39 is 17.7 Å². The van der Waals surface area contributed by atoms with Gasteiger partial charge in [0.1, 0.15) is 11.6 Å². The molecule has 0 aliphatic carbocycles. The first-order valence-electron chi connectivity index (χ1n) is 6.09. The highest BCUT2D eigenvalue weighted by Gasteiger charge is 2.19. The molecular weight excluding hydrogens is 260 g/mol. The largest absolute Gasteiger partial charge is 0.378 e. The Kier molecular flexibility index (Phi) is 4.54. The summed E-state index contributed by atoms with van der Waals surface area (Å²) in [5.74, 6) is -1.19. The Balaban J connectivity index is 1.99. The Morgan fingerprint density at radius 3 is 2.83 bits per heavy atom. The Hall–Kier alpha value is -0.710. The topological polar surface area (TPSA) is 35.2 Å². The fraction of sp³-hybridized carbons (Fsp3) is 0.538. The fourth-order valence-corrected chi connectivity index (χ4v) is 2.37. The summed E-state index contributed by atoms with van der Waals surface area (Å²) in [6.07, 6.45) is 3.62. The van der Waals surface area contributed by atoms with Gasteiger partial charge >= 0.3 is 0 Å². The molecule has 1 aromatic rings. The lowest BCUT2D eigenvalue weighted by molar-refractivity contribution is 0.101. The predicted octanol–water partition coefficient (Wildman–Crippen LogP) is 3.58. The minimum absolute atomic E-state index is 0.176. The van der Waals surface area contributed by atoms with Crippen molar-refractivity contribution in [1.29, 1.82) is 0 Å². The summed E-state index contributed by atoms with van der Waals surface area (Å²) in [5.41, 5.74) is 6.06. The summed E-state index contributed by atoms with van der Waals surface area (Å²) in [5, 5.41) is -0.220. The van der Waals surface area contributed by atoms with Crippen molar-refractivity contribution in [2.24, 2.45) is 5.73 Å². The van der Waals surface area contributed by atoms with Crippen molar-refractivity contribution in [2.75, 3.05) is 6.61 Å².